The summed E-state index contributed by atoms with van der Waals surface area (Å²) >= 11 is 0. The zero-order chi connectivity index (χ0) is 17.0. The summed E-state index contributed by atoms with van der Waals surface area (Å²) in [5, 5.41) is 0. The van der Waals surface area contributed by atoms with Gasteiger partial charge in [0.25, 0.3) is 5.56 Å². The van der Waals surface area contributed by atoms with Crippen LogP contribution in [0.5, 0.6) is 0 Å². The standard InChI is InChI=1S/C18H20N4O2/c1-11(2)20-10-19-16-15(20)17(23)22(13-7-8-13)18(24)21(16)14-6-4-5-12(3)9-14/h4-6,9-11,13H,7-8H2,1-3H3. The van der Waals surface area contributed by atoms with E-state index in [2.05, 4.69) is 4.98 Å². The maximum atomic E-state index is 13.1. The van der Waals surface area contributed by atoms with Crippen molar-refractivity contribution in [1.29, 1.82) is 0 Å². The Kier molecular flexibility index (Phi) is 3.23. The van der Waals surface area contributed by atoms with E-state index in [4.69, 9.17) is 0 Å². The maximum absolute atomic E-state index is 13.1. The van der Waals surface area contributed by atoms with Gasteiger partial charge in [-0.15, -0.1) is 0 Å². The van der Waals surface area contributed by atoms with Crippen molar-refractivity contribution < 1.29 is 0 Å². The minimum atomic E-state index is -0.297. The second-order valence-corrected chi connectivity index (χ2v) is 6.78. The SMILES string of the molecule is Cc1cccc(-n2c(=O)n(C3CC3)c(=O)c3c2ncn3C(C)C)c1. The molecule has 1 saturated carbocycles. The van der Waals surface area contributed by atoms with Gasteiger partial charge in [-0.05, 0) is 51.3 Å². The Bertz CT molecular complexity index is 1050. The quantitative estimate of drug-likeness (QED) is 0.744. The van der Waals surface area contributed by atoms with Gasteiger partial charge in [0.2, 0.25) is 0 Å². The number of rotatable bonds is 3. The Balaban J connectivity index is 2.17. The maximum Gasteiger partial charge on any atom is 0.337 e. The Hall–Kier alpha value is -2.63. The van der Waals surface area contributed by atoms with Crippen molar-refractivity contribution in [2.45, 2.75) is 45.7 Å². The molecule has 2 aromatic heterocycles. The summed E-state index contributed by atoms with van der Waals surface area (Å²) in [7, 11) is 0. The average molecular weight is 324 g/mol. The summed E-state index contributed by atoms with van der Waals surface area (Å²) < 4.78 is 4.83. The van der Waals surface area contributed by atoms with Gasteiger partial charge in [-0.1, -0.05) is 12.1 Å². The lowest BCUT2D eigenvalue weighted by Gasteiger charge is -2.13. The summed E-state index contributed by atoms with van der Waals surface area (Å²) in [5.74, 6) is 0. The third-order valence-corrected chi connectivity index (χ3v) is 4.53. The molecule has 0 spiro atoms. The number of benzene rings is 1. The van der Waals surface area contributed by atoms with E-state index in [9.17, 15) is 9.59 Å². The lowest BCUT2D eigenvalue weighted by Crippen LogP contribution is -2.39. The number of aryl methyl sites for hydroxylation is 1. The van der Waals surface area contributed by atoms with Gasteiger partial charge in [0, 0.05) is 12.1 Å². The van der Waals surface area contributed by atoms with Crippen molar-refractivity contribution >= 4 is 11.2 Å². The van der Waals surface area contributed by atoms with Gasteiger partial charge in [-0.2, -0.15) is 0 Å². The molecule has 0 bridgehead atoms. The van der Waals surface area contributed by atoms with Crippen molar-refractivity contribution in [2.75, 3.05) is 0 Å². The molecule has 0 amide bonds. The molecule has 0 atom stereocenters. The predicted octanol–water partition coefficient (Wildman–Crippen LogP) is 2.57. The fraction of sp³-hybridized carbons (Fsp3) is 0.389. The molecule has 124 valence electrons. The van der Waals surface area contributed by atoms with Crippen molar-refractivity contribution in [3.05, 3.63) is 57.0 Å². The van der Waals surface area contributed by atoms with Crippen molar-refractivity contribution in [3.63, 3.8) is 0 Å². The van der Waals surface area contributed by atoms with E-state index >= 15 is 0 Å². The Morgan fingerprint density at radius 3 is 2.58 bits per heavy atom. The first-order chi connectivity index (χ1) is 11.5. The summed E-state index contributed by atoms with van der Waals surface area (Å²) in [6.45, 7) is 5.99. The van der Waals surface area contributed by atoms with Crippen molar-refractivity contribution in [2.24, 2.45) is 0 Å². The van der Waals surface area contributed by atoms with E-state index in [-0.39, 0.29) is 23.3 Å². The first-order valence-corrected chi connectivity index (χ1v) is 8.30. The van der Waals surface area contributed by atoms with Gasteiger partial charge < -0.3 is 4.57 Å². The normalized spacial score (nSPS) is 14.7. The molecular formula is C18H20N4O2. The summed E-state index contributed by atoms with van der Waals surface area (Å²) in [6.07, 6.45) is 3.41. The van der Waals surface area contributed by atoms with Gasteiger partial charge in [0.1, 0.15) is 0 Å². The Labute approximate surface area is 139 Å². The molecule has 6 nitrogen and oxygen atoms in total. The molecule has 0 N–H and O–H groups in total. The number of hydrogen-bond donors (Lipinski definition) is 0. The molecule has 3 aromatic rings. The van der Waals surface area contributed by atoms with E-state index in [0.717, 1.165) is 24.1 Å². The van der Waals surface area contributed by atoms with Crippen molar-refractivity contribution in [1.82, 2.24) is 18.7 Å². The molecule has 2 heterocycles. The van der Waals surface area contributed by atoms with Crippen molar-refractivity contribution in [3.8, 4) is 5.69 Å². The smallest absolute Gasteiger partial charge is 0.322 e. The van der Waals surface area contributed by atoms with Crippen LogP contribution in [0, 0.1) is 6.92 Å². The van der Waals surface area contributed by atoms with Gasteiger partial charge >= 0.3 is 5.69 Å². The highest BCUT2D eigenvalue weighted by atomic mass is 16.2. The zero-order valence-electron chi connectivity index (χ0n) is 14.1. The summed E-state index contributed by atoms with van der Waals surface area (Å²) in [5.41, 5.74) is 2.20. The van der Waals surface area contributed by atoms with Crippen LogP contribution in [0.1, 0.15) is 44.3 Å². The van der Waals surface area contributed by atoms with Crippen LogP contribution in [0.2, 0.25) is 0 Å². The van der Waals surface area contributed by atoms with Crippen LogP contribution in [0.25, 0.3) is 16.9 Å². The highest BCUT2D eigenvalue weighted by Gasteiger charge is 2.30. The van der Waals surface area contributed by atoms with Crippen LogP contribution in [-0.4, -0.2) is 18.7 Å². The first kappa shape index (κ1) is 14.9. The second kappa shape index (κ2) is 5.19. The molecule has 0 unspecified atom stereocenters. The van der Waals surface area contributed by atoms with Crippen LogP contribution >= 0.6 is 0 Å². The second-order valence-electron chi connectivity index (χ2n) is 6.78. The molecule has 1 fully saturated rings. The van der Waals surface area contributed by atoms with E-state index in [1.807, 2.05) is 49.6 Å². The predicted molar refractivity (Wildman–Crippen MR) is 93.0 cm³/mol. The molecule has 1 aromatic carbocycles. The summed E-state index contributed by atoms with van der Waals surface area (Å²) in [4.78, 5) is 30.4. The van der Waals surface area contributed by atoms with Gasteiger partial charge in [-0.25, -0.2) is 14.3 Å². The molecular weight excluding hydrogens is 304 g/mol. The molecule has 1 aliphatic rings. The minimum absolute atomic E-state index is 0.0148. The monoisotopic (exact) mass is 324 g/mol. The number of imidazole rings is 1. The lowest BCUT2D eigenvalue weighted by atomic mass is 10.2. The van der Waals surface area contributed by atoms with E-state index < -0.39 is 0 Å². The van der Waals surface area contributed by atoms with Crippen LogP contribution < -0.4 is 11.2 Å². The third kappa shape index (κ3) is 2.13. The lowest BCUT2D eigenvalue weighted by molar-refractivity contribution is 0.601. The van der Waals surface area contributed by atoms with E-state index in [1.165, 1.54) is 4.57 Å². The number of fused-ring (bicyclic) bond motifs is 1. The molecule has 0 radical (unpaired) electrons. The zero-order valence-corrected chi connectivity index (χ0v) is 14.1. The Morgan fingerprint density at radius 1 is 1.21 bits per heavy atom. The molecule has 0 aliphatic heterocycles. The third-order valence-electron chi connectivity index (χ3n) is 4.53. The topological polar surface area (TPSA) is 61.8 Å². The highest BCUT2D eigenvalue weighted by molar-refractivity contribution is 5.72. The van der Waals surface area contributed by atoms with Gasteiger partial charge in [0.15, 0.2) is 11.2 Å². The van der Waals surface area contributed by atoms with Gasteiger partial charge in [-0.3, -0.25) is 9.36 Å². The van der Waals surface area contributed by atoms with Gasteiger partial charge in [0.05, 0.1) is 12.0 Å². The molecule has 6 heteroatoms. The molecule has 0 saturated heterocycles. The molecule has 4 rings (SSSR count). The highest BCUT2D eigenvalue weighted by Crippen LogP contribution is 2.32. The van der Waals surface area contributed by atoms with Crippen LogP contribution in [0.15, 0.2) is 40.2 Å². The fourth-order valence-electron chi connectivity index (χ4n) is 3.17. The average Bonchev–Trinajstić information content (AvgIpc) is 3.25. The number of aromatic nitrogens is 4. The Morgan fingerprint density at radius 2 is 1.96 bits per heavy atom. The largest absolute Gasteiger partial charge is 0.337 e. The molecule has 1 aliphatic carbocycles. The fourth-order valence-corrected chi connectivity index (χ4v) is 3.17. The van der Waals surface area contributed by atoms with Crippen LogP contribution in [0.4, 0.5) is 0 Å². The number of nitrogens with zero attached hydrogens (tertiary/aromatic N) is 4. The minimum Gasteiger partial charge on any atom is -0.322 e. The molecule has 24 heavy (non-hydrogen) atoms. The first-order valence-electron chi connectivity index (χ1n) is 8.30. The van der Waals surface area contributed by atoms with Crippen LogP contribution in [-0.2, 0) is 0 Å². The van der Waals surface area contributed by atoms with E-state index in [1.54, 1.807) is 10.9 Å². The number of hydrogen-bond acceptors (Lipinski definition) is 3. The van der Waals surface area contributed by atoms with Crippen LogP contribution in [0.3, 0.4) is 0 Å². The summed E-state index contributed by atoms with van der Waals surface area (Å²) in [6, 6.07) is 7.82. The van der Waals surface area contributed by atoms with E-state index in [0.29, 0.717) is 11.2 Å².